The summed E-state index contributed by atoms with van der Waals surface area (Å²) in [6.45, 7) is 0. The highest BCUT2D eigenvalue weighted by molar-refractivity contribution is 5.72. The highest BCUT2D eigenvalue weighted by atomic mass is 16.5. The predicted molar refractivity (Wildman–Crippen MR) is 123 cm³/mol. The van der Waals surface area contributed by atoms with Gasteiger partial charge >= 0.3 is 5.97 Å². The van der Waals surface area contributed by atoms with Crippen LogP contribution in [0.4, 0.5) is 0 Å². The van der Waals surface area contributed by atoms with Gasteiger partial charge in [-0.05, 0) is 53.8 Å². The summed E-state index contributed by atoms with van der Waals surface area (Å²) < 4.78 is 17.3. The molecule has 1 aliphatic carbocycles. The van der Waals surface area contributed by atoms with E-state index in [1.807, 2.05) is 54.6 Å². The number of hydrogen-bond acceptors (Lipinski definition) is 4. The molecule has 1 fully saturated rings. The van der Waals surface area contributed by atoms with Gasteiger partial charge in [0.1, 0.15) is 23.7 Å². The number of ether oxygens (including phenoxy) is 3. The van der Waals surface area contributed by atoms with Crippen LogP contribution < -0.4 is 9.47 Å². The summed E-state index contributed by atoms with van der Waals surface area (Å²) in [5.41, 5.74) is 3.27. The van der Waals surface area contributed by atoms with Crippen molar-refractivity contribution < 1.29 is 24.1 Å². The molecule has 1 N–H and O–H groups in total. The van der Waals surface area contributed by atoms with Crippen LogP contribution in [-0.4, -0.2) is 36.5 Å². The van der Waals surface area contributed by atoms with Crippen LogP contribution in [0.2, 0.25) is 0 Å². The molecule has 1 saturated carbocycles. The number of hydrogen-bond donors (Lipinski definition) is 1. The molecule has 32 heavy (non-hydrogen) atoms. The second-order valence-electron chi connectivity index (χ2n) is 8.09. The Labute approximate surface area is 188 Å². The third-order valence-corrected chi connectivity index (χ3v) is 5.81. The smallest absolute Gasteiger partial charge is 0.333 e. The zero-order valence-corrected chi connectivity index (χ0v) is 18.1. The Hall–Kier alpha value is -3.31. The average molecular weight is 433 g/mol. The number of carboxylic acids is 1. The summed E-state index contributed by atoms with van der Waals surface area (Å²) >= 11 is 0. The molecule has 0 bridgehead atoms. The van der Waals surface area contributed by atoms with Crippen molar-refractivity contribution in [3.63, 3.8) is 0 Å². The van der Waals surface area contributed by atoms with Crippen molar-refractivity contribution in [1.29, 1.82) is 0 Å². The number of benzene rings is 3. The minimum atomic E-state index is -0.959. The van der Waals surface area contributed by atoms with Crippen molar-refractivity contribution in [3.05, 3.63) is 84.4 Å². The van der Waals surface area contributed by atoms with Gasteiger partial charge in [-0.2, -0.15) is 0 Å². The maximum absolute atomic E-state index is 11.1. The van der Waals surface area contributed by atoms with E-state index in [1.165, 1.54) is 18.2 Å². The fourth-order valence-corrected chi connectivity index (χ4v) is 4.05. The van der Waals surface area contributed by atoms with Gasteiger partial charge in [0, 0.05) is 20.0 Å². The predicted octanol–water partition coefficient (Wildman–Crippen LogP) is 5.37. The van der Waals surface area contributed by atoms with E-state index >= 15 is 0 Å². The molecule has 3 atom stereocenters. The molecule has 0 radical (unpaired) electrons. The van der Waals surface area contributed by atoms with Gasteiger partial charge in [0.15, 0.2) is 6.10 Å². The maximum Gasteiger partial charge on any atom is 0.333 e. The molecular weight excluding hydrogens is 404 g/mol. The second-order valence-corrected chi connectivity index (χ2v) is 8.09. The zero-order valence-electron chi connectivity index (χ0n) is 18.1. The summed E-state index contributed by atoms with van der Waals surface area (Å²) in [4.78, 5) is 11.1. The highest BCUT2D eigenvalue weighted by Crippen LogP contribution is 2.29. The molecule has 0 saturated heterocycles. The lowest BCUT2D eigenvalue weighted by atomic mass is 10.1. The van der Waals surface area contributed by atoms with E-state index in [2.05, 4.69) is 24.3 Å². The van der Waals surface area contributed by atoms with Crippen molar-refractivity contribution >= 4 is 5.97 Å². The summed E-state index contributed by atoms with van der Waals surface area (Å²) in [6, 6.07) is 26.1. The fourth-order valence-electron chi connectivity index (χ4n) is 4.05. The van der Waals surface area contributed by atoms with Gasteiger partial charge in [0.25, 0.3) is 0 Å². The van der Waals surface area contributed by atoms with E-state index < -0.39 is 12.1 Å². The Bertz CT molecular complexity index is 998. The summed E-state index contributed by atoms with van der Waals surface area (Å²) in [7, 11) is 1.41. The molecule has 3 aromatic rings. The quantitative estimate of drug-likeness (QED) is 0.492. The van der Waals surface area contributed by atoms with Crippen LogP contribution in [0.3, 0.4) is 0 Å². The molecule has 5 nitrogen and oxygen atoms in total. The monoisotopic (exact) mass is 432 g/mol. The number of methoxy groups -OCH3 is 1. The van der Waals surface area contributed by atoms with Gasteiger partial charge in [-0.1, -0.05) is 54.6 Å². The summed E-state index contributed by atoms with van der Waals surface area (Å²) in [5.74, 6) is 0.709. The Morgan fingerprint density at radius 1 is 0.844 bits per heavy atom. The van der Waals surface area contributed by atoms with E-state index in [-0.39, 0.29) is 12.2 Å². The van der Waals surface area contributed by atoms with Crippen molar-refractivity contribution in [2.75, 3.05) is 7.11 Å². The van der Waals surface area contributed by atoms with Crippen LogP contribution in [0.15, 0.2) is 78.9 Å². The van der Waals surface area contributed by atoms with Gasteiger partial charge < -0.3 is 19.3 Å². The Morgan fingerprint density at radius 3 is 1.91 bits per heavy atom. The molecule has 3 aromatic carbocycles. The van der Waals surface area contributed by atoms with Gasteiger partial charge in [0.05, 0.1) is 0 Å². The minimum absolute atomic E-state index is 0.111. The number of aliphatic carboxylic acids is 1. The lowest BCUT2D eigenvalue weighted by molar-refractivity contribution is -0.148. The average Bonchev–Trinajstić information content (AvgIpc) is 3.26. The number of carboxylic acid groups (broad SMARTS) is 1. The topological polar surface area (TPSA) is 65.0 Å². The van der Waals surface area contributed by atoms with Crippen LogP contribution in [0.5, 0.6) is 11.5 Å². The van der Waals surface area contributed by atoms with E-state index in [0.29, 0.717) is 6.42 Å². The van der Waals surface area contributed by atoms with E-state index in [9.17, 15) is 4.79 Å². The van der Waals surface area contributed by atoms with Crippen LogP contribution >= 0.6 is 0 Å². The summed E-state index contributed by atoms with van der Waals surface area (Å²) in [6.07, 6.45) is 2.48. The van der Waals surface area contributed by atoms with Crippen LogP contribution in [0.1, 0.15) is 24.8 Å². The molecule has 0 aromatic heterocycles. The zero-order chi connectivity index (χ0) is 22.3. The fraction of sp³-hybridized carbons (Fsp3) is 0.296. The molecule has 0 heterocycles. The van der Waals surface area contributed by atoms with E-state index in [0.717, 1.165) is 36.3 Å². The lowest BCUT2D eigenvalue weighted by Crippen LogP contribution is -2.24. The van der Waals surface area contributed by atoms with E-state index in [4.69, 9.17) is 19.3 Å². The molecule has 0 aliphatic heterocycles. The van der Waals surface area contributed by atoms with Crippen LogP contribution in [0, 0.1) is 0 Å². The SMILES string of the molecule is CO[C@@H](Cc1ccc(O[C@@H]2CCC(Oc3ccc(-c4ccccc4)cc3)C2)cc1)C(=O)O. The van der Waals surface area contributed by atoms with Crippen molar-refractivity contribution in [1.82, 2.24) is 0 Å². The maximum atomic E-state index is 11.1. The molecular formula is C27H28O5. The second kappa shape index (κ2) is 10.3. The molecule has 1 unspecified atom stereocenters. The van der Waals surface area contributed by atoms with Crippen molar-refractivity contribution in [3.8, 4) is 22.6 Å². The van der Waals surface area contributed by atoms with Gasteiger partial charge in [-0.25, -0.2) is 4.79 Å². The summed E-state index contributed by atoms with van der Waals surface area (Å²) in [5, 5.41) is 9.11. The number of rotatable bonds is 9. The van der Waals surface area contributed by atoms with Crippen molar-refractivity contribution in [2.45, 2.75) is 44.0 Å². The van der Waals surface area contributed by atoms with Gasteiger partial charge in [-0.3, -0.25) is 0 Å². The number of carbonyl (C=O) groups is 1. The van der Waals surface area contributed by atoms with Crippen LogP contribution in [0.25, 0.3) is 11.1 Å². The first-order valence-electron chi connectivity index (χ1n) is 10.9. The molecule has 5 heteroatoms. The standard InChI is InChI=1S/C27H28O5/c1-30-26(27(28)29)17-19-7-11-22(12-8-19)31-24-15-16-25(18-24)32-23-13-9-21(10-14-23)20-5-3-2-4-6-20/h2-14,24-26H,15-18H2,1H3,(H,28,29)/t24-,25?,26+/m1/s1. The van der Waals surface area contributed by atoms with Gasteiger partial charge in [-0.15, -0.1) is 0 Å². The molecule has 0 spiro atoms. The first kappa shape index (κ1) is 21.9. The lowest BCUT2D eigenvalue weighted by Gasteiger charge is -2.16. The Morgan fingerprint density at radius 2 is 1.38 bits per heavy atom. The molecule has 1 aliphatic rings. The molecule has 0 amide bonds. The third-order valence-electron chi connectivity index (χ3n) is 5.81. The largest absolute Gasteiger partial charge is 0.490 e. The molecule has 4 rings (SSSR count). The highest BCUT2D eigenvalue weighted by Gasteiger charge is 2.27. The first-order valence-corrected chi connectivity index (χ1v) is 10.9. The third kappa shape index (κ3) is 5.68. The minimum Gasteiger partial charge on any atom is -0.490 e. The normalized spacial score (nSPS) is 18.8. The van der Waals surface area contributed by atoms with Gasteiger partial charge in [0.2, 0.25) is 0 Å². The van der Waals surface area contributed by atoms with Crippen molar-refractivity contribution in [2.24, 2.45) is 0 Å². The van der Waals surface area contributed by atoms with E-state index in [1.54, 1.807) is 0 Å². The Kier molecular flexibility index (Phi) is 7.07. The van der Waals surface area contributed by atoms with Crippen LogP contribution in [-0.2, 0) is 16.0 Å². The first-order chi connectivity index (χ1) is 15.6. The Balaban J connectivity index is 1.27. The molecule has 166 valence electrons.